The van der Waals surface area contributed by atoms with Crippen LogP contribution in [0.3, 0.4) is 0 Å². The van der Waals surface area contributed by atoms with Crippen LogP contribution in [0.2, 0.25) is 0 Å². The predicted octanol–water partition coefficient (Wildman–Crippen LogP) is 5.31. The molecule has 0 bridgehead atoms. The number of hydrogen-bond donors (Lipinski definition) is 1. The number of amides is 1. The van der Waals surface area contributed by atoms with Gasteiger partial charge >= 0.3 is 0 Å². The molecule has 1 atom stereocenters. The summed E-state index contributed by atoms with van der Waals surface area (Å²) in [6.45, 7) is 4.78. The van der Waals surface area contributed by atoms with Crippen LogP contribution in [0.4, 0.5) is 0 Å². The molecule has 1 N–H and O–H groups in total. The Labute approximate surface area is 183 Å². The van der Waals surface area contributed by atoms with E-state index in [-0.39, 0.29) is 12.5 Å². The Balaban J connectivity index is 1.40. The molecular formula is C26H28N2O3. The standard InChI is InChI=1S/C26H28N2O3/c1-3-20(2)23-11-15-25(16-12-23)31-19-26(29)28-27-17-21-9-13-24(14-10-21)30-18-22-7-5-4-6-8-22/h4-17,20H,3,18-19H2,1-2H3,(H,28,29)/b27-17-/t20-/m1/s1. The number of ether oxygens (including phenoxy) is 2. The van der Waals surface area contributed by atoms with Crippen molar-refractivity contribution < 1.29 is 14.3 Å². The summed E-state index contributed by atoms with van der Waals surface area (Å²) >= 11 is 0. The number of carbonyl (C=O) groups excluding carboxylic acids is 1. The highest BCUT2D eigenvalue weighted by Crippen LogP contribution is 2.21. The van der Waals surface area contributed by atoms with Gasteiger partial charge in [0.1, 0.15) is 18.1 Å². The van der Waals surface area contributed by atoms with Crippen molar-refractivity contribution in [3.05, 3.63) is 95.6 Å². The highest BCUT2D eigenvalue weighted by molar-refractivity contribution is 5.83. The van der Waals surface area contributed by atoms with E-state index < -0.39 is 0 Å². The SMILES string of the molecule is CC[C@@H](C)c1ccc(OCC(=O)N/N=C\c2ccc(OCc3ccccc3)cc2)cc1. The van der Waals surface area contributed by atoms with E-state index in [2.05, 4.69) is 24.4 Å². The lowest BCUT2D eigenvalue weighted by atomic mass is 9.99. The molecule has 0 fully saturated rings. The number of hydrazone groups is 1. The zero-order valence-electron chi connectivity index (χ0n) is 18.0. The summed E-state index contributed by atoms with van der Waals surface area (Å²) in [4.78, 5) is 11.9. The molecular weight excluding hydrogens is 388 g/mol. The fourth-order valence-corrected chi connectivity index (χ4v) is 2.88. The summed E-state index contributed by atoms with van der Waals surface area (Å²) in [6.07, 6.45) is 2.67. The molecule has 3 aromatic carbocycles. The Morgan fingerprint density at radius 1 is 0.935 bits per heavy atom. The van der Waals surface area contributed by atoms with E-state index in [4.69, 9.17) is 9.47 Å². The lowest BCUT2D eigenvalue weighted by molar-refractivity contribution is -0.123. The molecule has 0 radical (unpaired) electrons. The predicted molar refractivity (Wildman–Crippen MR) is 124 cm³/mol. The summed E-state index contributed by atoms with van der Waals surface area (Å²) in [7, 11) is 0. The van der Waals surface area contributed by atoms with Gasteiger partial charge in [0.15, 0.2) is 6.61 Å². The minimum atomic E-state index is -0.315. The maximum atomic E-state index is 11.9. The van der Waals surface area contributed by atoms with Crippen molar-refractivity contribution in [2.75, 3.05) is 6.61 Å². The maximum absolute atomic E-state index is 11.9. The summed E-state index contributed by atoms with van der Waals surface area (Å²) in [5, 5.41) is 3.98. The van der Waals surface area contributed by atoms with Crippen molar-refractivity contribution in [1.29, 1.82) is 0 Å². The van der Waals surface area contributed by atoms with Crippen molar-refractivity contribution in [3.63, 3.8) is 0 Å². The zero-order valence-corrected chi connectivity index (χ0v) is 18.0. The van der Waals surface area contributed by atoms with Crippen LogP contribution in [0.5, 0.6) is 11.5 Å². The molecule has 0 saturated heterocycles. The molecule has 0 aromatic heterocycles. The van der Waals surface area contributed by atoms with Gasteiger partial charge < -0.3 is 9.47 Å². The summed E-state index contributed by atoms with van der Waals surface area (Å²) in [5.74, 6) is 1.64. The molecule has 3 aromatic rings. The van der Waals surface area contributed by atoms with Gasteiger partial charge in [-0.2, -0.15) is 5.10 Å². The molecule has 0 saturated carbocycles. The second-order valence-electron chi connectivity index (χ2n) is 7.30. The molecule has 0 unspecified atom stereocenters. The van der Waals surface area contributed by atoms with Crippen molar-refractivity contribution >= 4 is 12.1 Å². The molecule has 3 rings (SSSR count). The van der Waals surface area contributed by atoms with Crippen LogP contribution in [-0.4, -0.2) is 18.7 Å². The van der Waals surface area contributed by atoms with Crippen LogP contribution in [0.15, 0.2) is 84.0 Å². The highest BCUT2D eigenvalue weighted by Gasteiger charge is 2.05. The van der Waals surface area contributed by atoms with E-state index in [1.54, 1.807) is 6.21 Å². The molecule has 0 aliphatic heterocycles. The van der Waals surface area contributed by atoms with Gasteiger partial charge in [-0.1, -0.05) is 56.3 Å². The average Bonchev–Trinajstić information content (AvgIpc) is 2.82. The molecule has 0 aliphatic carbocycles. The minimum absolute atomic E-state index is 0.0910. The van der Waals surface area contributed by atoms with E-state index in [1.165, 1.54) is 5.56 Å². The highest BCUT2D eigenvalue weighted by atomic mass is 16.5. The molecule has 31 heavy (non-hydrogen) atoms. The number of carbonyl (C=O) groups is 1. The van der Waals surface area contributed by atoms with Gasteiger partial charge in [0.05, 0.1) is 6.21 Å². The Bertz CT molecular complexity index is 968. The fourth-order valence-electron chi connectivity index (χ4n) is 2.88. The van der Waals surface area contributed by atoms with Crippen molar-refractivity contribution in [3.8, 4) is 11.5 Å². The monoisotopic (exact) mass is 416 g/mol. The van der Waals surface area contributed by atoms with Gasteiger partial charge in [-0.25, -0.2) is 5.43 Å². The van der Waals surface area contributed by atoms with Gasteiger partial charge in [0.25, 0.3) is 5.91 Å². The number of nitrogens with zero attached hydrogens (tertiary/aromatic N) is 1. The zero-order chi connectivity index (χ0) is 21.9. The normalized spacial score (nSPS) is 11.8. The maximum Gasteiger partial charge on any atom is 0.277 e. The summed E-state index contributed by atoms with van der Waals surface area (Å²) in [5.41, 5.74) is 5.71. The first kappa shape index (κ1) is 22.1. The smallest absolute Gasteiger partial charge is 0.277 e. The van der Waals surface area contributed by atoms with Crippen molar-refractivity contribution in [2.24, 2.45) is 5.10 Å². The Kier molecular flexibility index (Phi) is 8.23. The molecule has 5 nitrogen and oxygen atoms in total. The first-order valence-electron chi connectivity index (χ1n) is 10.5. The van der Waals surface area contributed by atoms with Crippen LogP contribution in [-0.2, 0) is 11.4 Å². The molecule has 5 heteroatoms. The number of rotatable bonds is 10. The topological polar surface area (TPSA) is 59.9 Å². The van der Waals surface area contributed by atoms with Crippen molar-refractivity contribution in [2.45, 2.75) is 32.8 Å². The van der Waals surface area contributed by atoms with Gasteiger partial charge in [0.2, 0.25) is 0 Å². The number of benzene rings is 3. The second-order valence-corrected chi connectivity index (χ2v) is 7.30. The fraction of sp³-hybridized carbons (Fsp3) is 0.231. The average molecular weight is 417 g/mol. The molecule has 160 valence electrons. The lowest BCUT2D eigenvalue weighted by Gasteiger charge is -2.10. The summed E-state index contributed by atoms with van der Waals surface area (Å²) < 4.78 is 11.3. The van der Waals surface area contributed by atoms with Crippen LogP contribution in [0.1, 0.15) is 42.9 Å². The molecule has 1 amide bonds. The third-order valence-corrected chi connectivity index (χ3v) is 4.96. The Hall–Kier alpha value is -3.60. The van der Waals surface area contributed by atoms with E-state index in [0.29, 0.717) is 18.3 Å². The quantitative estimate of drug-likeness (QED) is 0.360. The Morgan fingerprint density at radius 2 is 1.58 bits per heavy atom. The first-order valence-corrected chi connectivity index (χ1v) is 10.5. The van der Waals surface area contributed by atoms with E-state index in [1.807, 2.05) is 78.9 Å². The minimum Gasteiger partial charge on any atom is -0.489 e. The van der Waals surface area contributed by atoms with Gasteiger partial charge in [-0.3, -0.25) is 4.79 Å². The molecule has 0 aliphatic rings. The van der Waals surface area contributed by atoms with E-state index in [9.17, 15) is 4.79 Å². The molecule has 0 spiro atoms. The van der Waals surface area contributed by atoms with Crippen LogP contribution < -0.4 is 14.9 Å². The van der Waals surface area contributed by atoms with E-state index >= 15 is 0 Å². The third-order valence-electron chi connectivity index (χ3n) is 4.96. The van der Waals surface area contributed by atoms with Gasteiger partial charge in [0, 0.05) is 0 Å². The second kappa shape index (κ2) is 11.6. The van der Waals surface area contributed by atoms with Crippen LogP contribution in [0, 0.1) is 0 Å². The lowest BCUT2D eigenvalue weighted by Crippen LogP contribution is -2.24. The number of nitrogens with one attached hydrogen (secondary N) is 1. The summed E-state index contributed by atoms with van der Waals surface area (Å²) in [6, 6.07) is 25.4. The first-order chi connectivity index (χ1) is 15.1. The van der Waals surface area contributed by atoms with E-state index in [0.717, 1.165) is 23.3 Å². The van der Waals surface area contributed by atoms with Crippen molar-refractivity contribution in [1.82, 2.24) is 5.43 Å². The van der Waals surface area contributed by atoms with Crippen LogP contribution in [0.25, 0.3) is 0 Å². The van der Waals surface area contributed by atoms with Gasteiger partial charge in [-0.05, 0) is 65.4 Å². The third kappa shape index (κ3) is 7.30. The molecule has 0 heterocycles. The number of hydrogen-bond acceptors (Lipinski definition) is 4. The van der Waals surface area contributed by atoms with Gasteiger partial charge in [-0.15, -0.1) is 0 Å². The largest absolute Gasteiger partial charge is 0.489 e. The Morgan fingerprint density at radius 3 is 2.26 bits per heavy atom. The van der Waals surface area contributed by atoms with Crippen LogP contribution >= 0.6 is 0 Å².